The molecule has 0 atom stereocenters. The highest BCUT2D eigenvalue weighted by atomic mass is 16.5. The van der Waals surface area contributed by atoms with Gasteiger partial charge in [-0.25, -0.2) is 0 Å². The van der Waals surface area contributed by atoms with Gasteiger partial charge in [0.1, 0.15) is 0 Å². The monoisotopic (exact) mass is 194 g/mol. The molecule has 1 rings (SSSR count). The van der Waals surface area contributed by atoms with Crippen LogP contribution in [-0.4, -0.2) is 24.9 Å². The van der Waals surface area contributed by atoms with Crippen molar-refractivity contribution >= 4 is 6.08 Å². The molecule has 1 aromatic carbocycles. The molecule has 0 radical (unpaired) electrons. The number of hydrogen-bond donors (Lipinski definition) is 1. The second-order valence-electron chi connectivity index (χ2n) is 2.54. The van der Waals surface area contributed by atoms with E-state index >= 15 is 0 Å². The molecule has 0 heterocycles. The van der Waals surface area contributed by atoms with Gasteiger partial charge in [0.25, 0.3) is 0 Å². The average Bonchev–Trinajstić information content (AvgIpc) is 2.28. The lowest BCUT2D eigenvalue weighted by atomic mass is 10.2. The van der Waals surface area contributed by atoms with Gasteiger partial charge in [-0.1, -0.05) is 43.0 Å². The molecule has 0 unspecified atom stereocenters. The van der Waals surface area contributed by atoms with Gasteiger partial charge in [0.2, 0.25) is 0 Å². The van der Waals surface area contributed by atoms with E-state index in [0.29, 0.717) is 13.2 Å². The SMILES string of the molecule is C=Cc1ccccc1.CCOCCO. The molecule has 0 spiro atoms. The van der Waals surface area contributed by atoms with Crippen molar-refractivity contribution in [2.45, 2.75) is 6.92 Å². The first-order chi connectivity index (χ1) is 6.85. The summed E-state index contributed by atoms with van der Waals surface area (Å²) in [4.78, 5) is 0. The van der Waals surface area contributed by atoms with Gasteiger partial charge in [-0.3, -0.25) is 0 Å². The number of aliphatic hydroxyl groups excluding tert-OH is 1. The molecule has 0 bridgehead atoms. The molecule has 0 aliphatic rings. The molecule has 78 valence electrons. The standard InChI is InChI=1S/C8H8.C4H10O2/c1-2-8-6-4-3-5-7-8;1-2-6-4-3-5/h2-7H,1H2;5H,2-4H2,1H3. The minimum absolute atomic E-state index is 0.133. The summed E-state index contributed by atoms with van der Waals surface area (Å²) >= 11 is 0. The molecule has 0 saturated heterocycles. The van der Waals surface area contributed by atoms with Gasteiger partial charge in [-0.05, 0) is 12.5 Å². The fraction of sp³-hybridized carbons (Fsp3) is 0.333. The van der Waals surface area contributed by atoms with Crippen LogP contribution in [0.3, 0.4) is 0 Å². The van der Waals surface area contributed by atoms with E-state index < -0.39 is 0 Å². The van der Waals surface area contributed by atoms with Crippen LogP contribution >= 0.6 is 0 Å². The van der Waals surface area contributed by atoms with E-state index in [0.717, 1.165) is 0 Å². The molecule has 0 aliphatic carbocycles. The maximum atomic E-state index is 8.07. The molecular formula is C12H18O2. The molecule has 1 aromatic rings. The number of benzene rings is 1. The van der Waals surface area contributed by atoms with Crippen LogP contribution in [-0.2, 0) is 4.74 Å². The first kappa shape index (κ1) is 12.9. The van der Waals surface area contributed by atoms with E-state index in [1.165, 1.54) is 5.56 Å². The summed E-state index contributed by atoms with van der Waals surface area (Å²) in [5.74, 6) is 0. The second kappa shape index (κ2) is 9.96. The van der Waals surface area contributed by atoms with Crippen molar-refractivity contribution in [3.05, 3.63) is 42.5 Å². The Bertz CT molecular complexity index is 215. The lowest BCUT2D eigenvalue weighted by Crippen LogP contribution is -1.96. The predicted molar refractivity (Wildman–Crippen MR) is 60.1 cm³/mol. The number of ether oxygens (including phenoxy) is 1. The zero-order chi connectivity index (χ0) is 10.6. The Labute approximate surface area is 85.8 Å². The maximum absolute atomic E-state index is 8.07. The summed E-state index contributed by atoms with van der Waals surface area (Å²) in [6.45, 7) is 6.83. The van der Waals surface area contributed by atoms with Gasteiger partial charge in [0.05, 0.1) is 13.2 Å². The molecule has 0 aliphatic heterocycles. The quantitative estimate of drug-likeness (QED) is 0.745. The van der Waals surface area contributed by atoms with Crippen molar-refractivity contribution < 1.29 is 9.84 Å². The van der Waals surface area contributed by atoms with Gasteiger partial charge >= 0.3 is 0 Å². The van der Waals surface area contributed by atoms with Crippen LogP contribution in [0.4, 0.5) is 0 Å². The summed E-state index contributed by atoms with van der Waals surface area (Å²) in [5.41, 5.74) is 1.17. The zero-order valence-corrected chi connectivity index (χ0v) is 8.65. The second-order valence-corrected chi connectivity index (χ2v) is 2.54. The number of rotatable bonds is 4. The topological polar surface area (TPSA) is 29.5 Å². The molecule has 2 heteroatoms. The van der Waals surface area contributed by atoms with Crippen LogP contribution < -0.4 is 0 Å². The van der Waals surface area contributed by atoms with Gasteiger partial charge in [-0.15, -0.1) is 0 Å². The zero-order valence-electron chi connectivity index (χ0n) is 8.65. The van der Waals surface area contributed by atoms with Crippen LogP contribution in [0.25, 0.3) is 6.08 Å². The van der Waals surface area contributed by atoms with Gasteiger partial charge < -0.3 is 9.84 Å². The smallest absolute Gasteiger partial charge is 0.0697 e. The van der Waals surface area contributed by atoms with E-state index in [-0.39, 0.29) is 6.61 Å². The summed E-state index contributed by atoms with van der Waals surface area (Å²) in [6.07, 6.45) is 1.83. The highest BCUT2D eigenvalue weighted by Gasteiger charge is 1.75. The third-order valence-electron chi connectivity index (χ3n) is 1.48. The van der Waals surface area contributed by atoms with E-state index in [9.17, 15) is 0 Å². The van der Waals surface area contributed by atoms with E-state index in [2.05, 4.69) is 6.58 Å². The molecule has 1 N–H and O–H groups in total. The Kier molecular flexibility index (Phi) is 9.17. The van der Waals surface area contributed by atoms with Crippen molar-refractivity contribution in [3.63, 3.8) is 0 Å². The number of hydrogen-bond acceptors (Lipinski definition) is 2. The Morgan fingerprint density at radius 1 is 1.36 bits per heavy atom. The molecule has 14 heavy (non-hydrogen) atoms. The third kappa shape index (κ3) is 7.53. The van der Waals surface area contributed by atoms with E-state index in [4.69, 9.17) is 9.84 Å². The minimum atomic E-state index is 0.133. The highest BCUT2D eigenvalue weighted by Crippen LogP contribution is 1.97. The third-order valence-corrected chi connectivity index (χ3v) is 1.48. The lowest BCUT2D eigenvalue weighted by Gasteiger charge is -1.91. The van der Waals surface area contributed by atoms with Crippen LogP contribution in [0.15, 0.2) is 36.9 Å². The molecule has 0 aromatic heterocycles. The first-order valence-electron chi connectivity index (χ1n) is 4.71. The molecule has 0 saturated carbocycles. The van der Waals surface area contributed by atoms with Crippen molar-refractivity contribution in [2.24, 2.45) is 0 Å². The van der Waals surface area contributed by atoms with Crippen LogP contribution in [0.2, 0.25) is 0 Å². The van der Waals surface area contributed by atoms with Crippen molar-refractivity contribution in [1.29, 1.82) is 0 Å². The van der Waals surface area contributed by atoms with Crippen molar-refractivity contribution in [2.75, 3.05) is 19.8 Å². The average molecular weight is 194 g/mol. The molecule has 0 fully saturated rings. The van der Waals surface area contributed by atoms with Crippen LogP contribution in [0, 0.1) is 0 Å². The Balaban J connectivity index is 0.000000255. The lowest BCUT2D eigenvalue weighted by molar-refractivity contribution is 0.102. The fourth-order valence-corrected chi connectivity index (χ4v) is 0.798. The normalized spacial score (nSPS) is 8.71. The Hall–Kier alpha value is -1.12. The fourth-order valence-electron chi connectivity index (χ4n) is 0.798. The first-order valence-corrected chi connectivity index (χ1v) is 4.71. The van der Waals surface area contributed by atoms with Crippen LogP contribution in [0.5, 0.6) is 0 Å². The minimum Gasteiger partial charge on any atom is -0.394 e. The molecule has 2 nitrogen and oxygen atoms in total. The van der Waals surface area contributed by atoms with Crippen molar-refractivity contribution in [3.8, 4) is 0 Å². The molecule has 0 amide bonds. The summed E-state index contributed by atoms with van der Waals surface area (Å²) < 4.78 is 4.73. The predicted octanol–water partition coefficient (Wildman–Crippen LogP) is 2.34. The summed E-state index contributed by atoms with van der Waals surface area (Å²) in [6, 6.07) is 10.0. The van der Waals surface area contributed by atoms with Gasteiger partial charge in [0.15, 0.2) is 0 Å². The largest absolute Gasteiger partial charge is 0.394 e. The van der Waals surface area contributed by atoms with Gasteiger partial charge in [0, 0.05) is 6.61 Å². The van der Waals surface area contributed by atoms with Crippen LogP contribution in [0.1, 0.15) is 12.5 Å². The van der Waals surface area contributed by atoms with Gasteiger partial charge in [-0.2, -0.15) is 0 Å². The number of aliphatic hydroxyl groups is 1. The molecular weight excluding hydrogens is 176 g/mol. The summed E-state index contributed by atoms with van der Waals surface area (Å²) in [5, 5.41) is 8.07. The highest BCUT2D eigenvalue weighted by molar-refractivity contribution is 5.45. The Morgan fingerprint density at radius 3 is 2.29 bits per heavy atom. The Morgan fingerprint density at radius 2 is 2.00 bits per heavy atom. The van der Waals surface area contributed by atoms with E-state index in [1.54, 1.807) is 0 Å². The maximum Gasteiger partial charge on any atom is 0.0697 e. The van der Waals surface area contributed by atoms with Crippen molar-refractivity contribution in [1.82, 2.24) is 0 Å². The summed E-state index contributed by atoms with van der Waals surface area (Å²) in [7, 11) is 0. The van der Waals surface area contributed by atoms with E-state index in [1.807, 2.05) is 43.3 Å².